The minimum absolute atomic E-state index is 0.173. The van der Waals surface area contributed by atoms with E-state index < -0.39 is 45.5 Å². The highest BCUT2D eigenvalue weighted by Gasteiger charge is 2.30. The van der Waals surface area contributed by atoms with Gasteiger partial charge in [0.05, 0.1) is 18.0 Å². The Morgan fingerprint density at radius 2 is 1.59 bits per heavy atom. The van der Waals surface area contributed by atoms with Gasteiger partial charge in [-0.15, -0.1) is 0 Å². The SMILES string of the molecule is C[C@H](NC(=O)[C@H](C)N(c1ccc(F)c(F)c1)S(C)(=O)=O)c1ccc(F)cc1. The molecule has 2 atom stereocenters. The Morgan fingerprint density at radius 1 is 1.00 bits per heavy atom. The number of anilines is 1. The summed E-state index contributed by atoms with van der Waals surface area (Å²) >= 11 is 0. The number of nitrogens with one attached hydrogen (secondary N) is 1. The van der Waals surface area contributed by atoms with Crippen molar-refractivity contribution < 1.29 is 26.4 Å². The molecule has 9 heteroatoms. The predicted molar refractivity (Wildman–Crippen MR) is 96.1 cm³/mol. The summed E-state index contributed by atoms with van der Waals surface area (Å²) in [5, 5.41) is 2.63. The topological polar surface area (TPSA) is 66.5 Å². The van der Waals surface area contributed by atoms with E-state index in [9.17, 15) is 26.4 Å². The lowest BCUT2D eigenvalue weighted by molar-refractivity contribution is -0.122. The molecule has 0 aliphatic rings. The molecule has 0 aliphatic heterocycles. The average molecular weight is 400 g/mol. The third kappa shape index (κ3) is 5.00. The number of amides is 1. The smallest absolute Gasteiger partial charge is 0.244 e. The fourth-order valence-electron chi connectivity index (χ4n) is 2.60. The molecule has 1 amide bonds. The molecule has 27 heavy (non-hydrogen) atoms. The highest BCUT2D eigenvalue weighted by Crippen LogP contribution is 2.23. The molecule has 2 aromatic carbocycles. The van der Waals surface area contributed by atoms with Crippen LogP contribution in [0.2, 0.25) is 0 Å². The Morgan fingerprint density at radius 3 is 2.11 bits per heavy atom. The maximum atomic E-state index is 13.5. The van der Waals surface area contributed by atoms with Gasteiger partial charge in [0.1, 0.15) is 11.9 Å². The Balaban J connectivity index is 2.26. The first-order valence-electron chi connectivity index (χ1n) is 8.01. The van der Waals surface area contributed by atoms with Crippen molar-refractivity contribution in [3.8, 4) is 0 Å². The zero-order valence-electron chi connectivity index (χ0n) is 14.9. The molecule has 2 rings (SSSR count). The van der Waals surface area contributed by atoms with Crippen LogP contribution >= 0.6 is 0 Å². The molecule has 0 fully saturated rings. The molecule has 0 bridgehead atoms. The van der Waals surface area contributed by atoms with E-state index in [1.807, 2.05) is 0 Å². The van der Waals surface area contributed by atoms with E-state index >= 15 is 0 Å². The van der Waals surface area contributed by atoms with Crippen LogP contribution in [0.3, 0.4) is 0 Å². The third-order valence-electron chi connectivity index (χ3n) is 3.97. The lowest BCUT2D eigenvalue weighted by Crippen LogP contribution is -2.48. The van der Waals surface area contributed by atoms with Crippen LogP contribution in [0.5, 0.6) is 0 Å². The maximum Gasteiger partial charge on any atom is 0.244 e. The van der Waals surface area contributed by atoms with Crippen LogP contribution in [0.1, 0.15) is 25.5 Å². The van der Waals surface area contributed by atoms with Gasteiger partial charge in [-0.2, -0.15) is 0 Å². The number of carbonyl (C=O) groups excluding carboxylic acids is 1. The molecule has 0 saturated heterocycles. The first-order chi connectivity index (χ1) is 12.5. The highest BCUT2D eigenvalue weighted by atomic mass is 32.2. The molecule has 146 valence electrons. The summed E-state index contributed by atoms with van der Waals surface area (Å²) in [6, 6.07) is 6.30. The molecule has 0 saturated carbocycles. The molecule has 0 aromatic heterocycles. The van der Waals surface area contributed by atoms with Crippen molar-refractivity contribution in [3.05, 3.63) is 65.5 Å². The van der Waals surface area contributed by atoms with Crippen LogP contribution in [-0.2, 0) is 14.8 Å². The molecule has 5 nitrogen and oxygen atoms in total. The molecular formula is C18H19F3N2O3S. The fraction of sp³-hybridized carbons (Fsp3) is 0.278. The summed E-state index contributed by atoms with van der Waals surface area (Å²) in [4.78, 5) is 12.5. The van der Waals surface area contributed by atoms with Crippen molar-refractivity contribution in [2.24, 2.45) is 0 Å². The quantitative estimate of drug-likeness (QED) is 0.810. The highest BCUT2D eigenvalue weighted by molar-refractivity contribution is 7.92. The van der Waals surface area contributed by atoms with Gasteiger partial charge >= 0.3 is 0 Å². The number of carbonyl (C=O) groups is 1. The summed E-state index contributed by atoms with van der Waals surface area (Å²) in [6.45, 7) is 2.98. The van der Waals surface area contributed by atoms with Gasteiger partial charge in [-0.1, -0.05) is 12.1 Å². The average Bonchev–Trinajstić information content (AvgIpc) is 2.57. The van der Waals surface area contributed by atoms with Crippen molar-refractivity contribution in [3.63, 3.8) is 0 Å². The Kier molecular flexibility index (Phi) is 6.15. The van der Waals surface area contributed by atoms with Gasteiger partial charge < -0.3 is 5.32 Å². The van der Waals surface area contributed by atoms with E-state index in [1.54, 1.807) is 6.92 Å². The van der Waals surface area contributed by atoms with Crippen LogP contribution in [0, 0.1) is 17.5 Å². The predicted octanol–water partition coefficient (Wildman–Crippen LogP) is 3.14. The van der Waals surface area contributed by atoms with Gasteiger partial charge in [0.2, 0.25) is 15.9 Å². The molecule has 0 unspecified atom stereocenters. The summed E-state index contributed by atoms with van der Waals surface area (Å²) in [5.41, 5.74) is 0.448. The first kappa shape index (κ1) is 20.8. The monoisotopic (exact) mass is 400 g/mol. The number of nitrogens with zero attached hydrogens (tertiary/aromatic N) is 1. The second-order valence-corrected chi connectivity index (χ2v) is 7.97. The summed E-state index contributed by atoms with van der Waals surface area (Å²) in [7, 11) is -3.96. The van der Waals surface area contributed by atoms with E-state index in [0.29, 0.717) is 15.9 Å². The minimum Gasteiger partial charge on any atom is -0.348 e. The molecule has 1 N–H and O–H groups in total. The normalized spacial score (nSPS) is 13.7. The second-order valence-electron chi connectivity index (χ2n) is 6.12. The lowest BCUT2D eigenvalue weighted by atomic mass is 10.1. The Labute approximate surface area is 155 Å². The summed E-state index contributed by atoms with van der Waals surface area (Å²) in [5.74, 6) is -3.43. The van der Waals surface area contributed by atoms with E-state index in [0.717, 1.165) is 18.4 Å². The van der Waals surface area contributed by atoms with E-state index in [4.69, 9.17) is 0 Å². The summed E-state index contributed by atoms with van der Waals surface area (Å²) < 4.78 is 64.7. The number of hydrogen-bond acceptors (Lipinski definition) is 3. The zero-order valence-corrected chi connectivity index (χ0v) is 15.7. The van der Waals surface area contributed by atoms with E-state index in [1.165, 1.54) is 31.2 Å². The van der Waals surface area contributed by atoms with Gasteiger partial charge in [-0.25, -0.2) is 21.6 Å². The van der Waals surface area contributed by atoms with Crippen molar-refractivity contribution in [2.75, 3.05) is 10.6 Å². The Bertz CT molecular complexity index is 933. The van der Waals surface area contributed by atoms with Crippen LogP contribution in [0.25, 0.3) is 0 Å². The molecule has 0 spiro atoms. The lowest BCUT2D eigenvalue weighted by Gasteiger charge is -2.29. The number of benzene rings is 2. The standard InChI is InChI=1S/C18H19F3N2O3S/c1-11(13-4-6-14(19)7-5-13)22-18(24)12(2)23(27(3,25)26)15-8-9-16(20)17(21)10-15/h4-12H,1-3H3,(H,22,24)/t11-,12-/m0/s1. The van der Waals surface area contributed by atoms with Gasteiger partial charge in [0.25, 0.3) is 0 Å². The van der Waals surface area contributed by atoms with E-state index in [-0.39, 0.29) is 5.69 Å². The molecule has 2 aromatic rings. The van der Waals surface area contributed by atoms with Gasteiger partial charge in [0.15, 0.2) is 11.6 Å². The van der Waals surface area contributed by atoms with Gasteiger partial charge in [0, 0.05) is 6.07 Å². The van der Waals surface area contributed by atoms with Crippen LogP contribution in [-0.4, -0.2) is 26.6 Å². The molecule has 0 radical (unpaired) electrons. The van der Waals surface area contributed by atoms with E-state index in [2.05, 4.69) is 5.32 Å². The number of hydrogen-bond donors (Lipinski definition) is 1. The molecule has 0 aliphatic carbocycles. The first-order valence-corrected chi connectivity index (χ1v) is 9.86. The Hall–Kier alpha value is -2.55. The summed E-state index contributed by atoms with van der Waals surface area (Å²) in [6.07, 6.45) is 0.863. The van der Waals surface area contributed by atoms with Crippen LogP contribution < -0.4 is 9.62 Å². The fourth-order valence-corrected chi connectivity index (χ4v) is 3.77. The third-order valence-corrected chi connectivity index (χ3v) is 5.22. The number of halogens is 3. The number of sulfonamides is 1. The largest absolute Gasteiger partial charge is 0.348 e. The minimum atomic E-state index is -3.96. The van der Waals surface area contributed by atoms with Gasteiger partial charge in [-0.05, 0) is 43.7 Å². The maximum absolute atomic E-state index is 13.5. The van der Waals surface area contributed by atoms with Crippen molar-refractivity contribution in [1.29, 1.82) is 0 Å². The van der Waals surface area contributed by atoms with Crippen molar-refractivity contribution in [1.82, 2.24) is 5.32 Å². The van der Waals surface area contributed by atoms with Crippen molar-refractivity contribution in [2.45, 2.75) is 25.9 Å². The molecular weight excluding hydrogens is 381 g/mol. The van der Waals surface area contributed by atoms with Gasteiger partial charge in [-0.3, -0.25) is 9.10 Å². The molecule has 0 heterocycles. The van der Waals surface area contributed by atoms with Crippen molar-refractivity contribution >= 4 is 21.6 Å². The second kappa shape index (κ2) is 7.99. The van der Waals surface area contributed by atoms with Crippen LogP contribution in [0.15, 0.2) is 42.5 Å². The zero-order chi connectivity index (χ0) is 20.4. The van der Waals surface area contributed by atoms with Crippen LogP contribution in [0.4, 0.5) is 18.9 Å². The number of rotatable bonds is 6.